The number of nitrogens with zero attached hydrogens (tertiary/aromatic N) is 2. The van der Waals surface area contributed by atoms with Crippen LogP contribution in [0.4, 0.5) is 14.5 Å². The fourth-order valence-corrected chi connectivity index (χ4v) is 1.79. The maximum absolute atomic E-state index is 13.6. The van der Waals surface area contributed by atoms with E-state index in [2.05, 4.69) is 12.0 Å². The normalized spacial score (nSPS) is 10.8. The topological polar surface area (TPSA) is 43.8 Å². The monoisotopic (exact) mass is 251 g/mol. The number of nitrogens with two attached hydrogens (primary N) is 1. The lowest BCUT2D eigenvalue weighted by Crippen LogP contribution is -1.99. The van der Waals surface area contributed by atoms with E-state index in [9.17, 15) is 8.78 Å². The van der Waals surface area contributed by atoms with Gasteiger partial charge in [0.2, 0.25) is 0 Å². The van der Waals surface area contributed by atoms with E-state index >= 15 is 0 Å². The van der Waals surface area contributed by atoms with E-state index in [1.54, 1.807) is 10.9 Å². The molecule has 0 fully saturated rings. The van der Waals surface area contributed by atoms with Crippen molar-refractivity contribution in [2.24, 2.45) is 0 Å². The molecule has 2 rings (SSSR count). The molecule has 1 aromatic heterocycles. The average molecular weight is 251 g/mol. The van der Waals surface area contributed by atoms with E-state index in [1.165, 1.54) is 18.2 Å². The van der Waals surface area contributed by atoms with E-state index in [-0.39, 0.29) is 16.9 Å². The number of anilines is 1. The van der Waals surface area contributed by atoms with Gasteiger partial charge in [-0.15, -0.1) is 0 Å². The number of hydrogen-bond acceptors (Lipinski definition) is 2. The minimum atomic E-state index is -0.651. The third kappa shape index (κ3) is 2.34. The van der Waals surface area contributed by atoms with Crippen LogP contribution < -0.4 is 5.73 Å². The maximum Gasteiger partial charge on any atom is 0.135 e. The van der Waals surface area contributed by atoms with Gasteiger partial charge in [0, 0.05) is 12.7 Å². The Morgan fingerprint density at radius 2 is 1.94 bits per heavy atom. The second-order valence-electron chi connectivity index (χ2n) is 4.15. The molecule has 0 unspecified atom stereocenters. The Kier molecular flexibility index (Phi) is 3.60. The molecule has 0 radical (unpaired) electrons. The van der Waals surface area contributed by atoms with Gasteiger partial charge >= 0.3 is 0 Å². The number of halogens is 2. The van der Waals surface area contributed by atoms with Crippen molar-refractivity contribution >= 4 is 5.69 Å². The number of unbranched alkanes of at least 4 members (excludes halogenated alkanes) is 1. The lowest BCUT2D eigenvalue weighted by Gasteiger charge is -2.02. The number of nitrogen functional groups attached to an aromatic ring is 1. The first kappa shape index (κ1) is 12.5. The summed E-state index contributed by atoms with van der Waals surface area (Å²) >= 11 is 0. The van der Waals surface area contributed by atoms with Crippen LogP contribution in [0, 0.1) is 11.6 Å². The molecular weight excluding hydrogens is 236 g/mol. The van der Waals surface area contributed by atoms with Crippen LogP contribution >= 0.6 is 0 Å². The summed E-state index contributed by atoms with van der Waals surface area (Å²) in [7, 11) is 0. The van der Waals surface area contributed by atoms with Gasteiger partial charge in [-0.1, -0.05) is 19.4 Å². The summed E-state index contributed by atoms with van der Waals surface area (Å²) in [6, 6.07) is 3.71. The van der Waals surface area contributed by atoms with Crippen molar-refractivity contribution in [1.29, 1.82) is 0 Å². The molecule has 1 heterocycles. The summed E-state index contributed by atoms with van der Waals surface area (Å²) in [6.45, 7) is 2.75. The van der Waals surface area contributed by atoms with Gasteiger partial charge in [0.15, 0.2) is 0 Å². The van der Waals surface area contributed by atoms with E-state index in [0.29, 0.717) is 6.54 Å². The van der Waals surface area contributed by atoms with E-state index in [1.807, 2.05) is 0 Å². The van der Waals surface area contributed by atoms with Crippen LogP contribution in [0.5, 0.6) is 0 Å². The van der Waals surface area contributed by atoms with Gasteiger partial charge in [0.1, 0.15) is 17.3 Å². The second kappa shape index (κ2) is 5.16. The van der Waals surface area contributed by atoms with Crippen molar-refractivity contribution in [2.45, 2.75) is 26.3 Å². The molecule has 0 amide bonds. The molecule has 96 valence electrons. The number of benzene rings is 1. The first-order valence-electron chi connectivity index (χ1n) is 5.90. The number of hydrogen-bond donors (Lipinski definition) is 1. The Labute approximate surface area is 104 Å². The van der Waals surface area contributed by atoms with Crippen LogP contribution in [0.25, 0.3) is 11.3 Å². The molecule has 0 aliphatic rings. The first-order valence-corrected chi connectivity index (χ1v) is 5.90. The summed E-state index contributed by atoms with van der Waals surface area (Å²) in [5, 5.41) is 4.15. The minimum absolute atomic E-state index is 0.162. The standard InChI is InChI=1S/C13H15F2N3/c1-2-3-7-18-8-11(16)13(17-18)12-9(14)5-4-6-10(12)15/h4-6,8H,2-3,7,16H2,1H3. The zero-order chi connectivity index (χ0) is 13.1. The van der Waals surface area contributed by atoms with E-state index < -0.39 is 11.6 Å². The van der Waals surface area contributed by atoms with Crippen LogP contribution in [0.2, 0.25) is 0 Å². The molecule has 0 saturated heterocycles. The predicted octanol–water partition coefficient (Wildman–Crippen LogP) is 3.21. The molecule has 0 bridgehead atoms. The molecule has 0 aliphatic carbocycles. The summed E-state index contributed by atoms with van der Waals surface area (Å²) in [6.07, 6.45) is 3.57. The largest absolute Gasteiger partial charge is 0.396 e. The zero-order valence-electron chi connectivity index (χ0n) is 10.2. The van der Waals surface area contributed by atoms with Crippen LogP contribution in [-0.2, 0) is 6.54 Å². The lowest BCUT2D eigenvalue weighted by molar-refractivity contribution is 0.567. The fraction of sp³-hybridized carbons (Fsp3) is 0.308. The third-order valence-electron chi connectivity index (χ3n) is 2.73. The highest BCUT2D eigenvalue weighted by Crippen LogP contribution is 2.29. The summed E-state index contributed by atoms with van der Waals surface area (Å²) in [5.41, 5.74) is 6.06. The first-order chi connectivity index (χ1) is 8.63. The van der Waals surface area contributed by atoms with Gasteiger partial charge in [-0.2, -0.15) is 5.10 Å². The summed E-state index contributed by atoms with van der Waals surface area (Å²) in [5.74, 6) is -1.30. The Hall–Kier alpha value is -1.91. The average Bonchev–Trinajstić information content (AvgIpc) is 2.68. The molecule has 0 saturated carbocycles. The molecule has 2 N–H and O–H groups in total. The Balaban J connectivity index is 2.41. The van der Waals surface area contributed by atoms with Crippen LogP contribution in [-0.4, -0.2) is 9.78 Å². The SMILES string of the molecule is CCCCn1cc(N)c(-c2c(F)cccc2F)n1. The van der Waals surface area contributed by atoms with Crippen molar-refractivity contribution in [3.8, 4) is 11.3 Å². The van der Waals surface area contributed by atoms with Crippen molar-refractivity contribution in [3.05, 3.63) is 36.0 Å². The molecule has 0 spiro atoms. The van der Waals surface area contributed by atoms with E-state index in [4.69, 9.17) is 5.73 Å². The predicted molar refractivity (Wildman–Crippen MR) is 66.9 cm³/mol. The highest BCUT2D eigenvalue weighted by molar-refractivity contribution is 5.72. The quantitative estimate of drug-likeness (QED) is 0.906. The van der Waals surface area contributed by atoms with Crippen molar-refractivity contribution < 1.29 is 8.78 Å². The van der Waals surface area contributed by atoms with Crippen LogP contribution in [0.15, 0.2) is 24.4 Å². The minimum Gasteiger partial charge on any atom is -0.396 e. The maximum atomic E-state index is 13.6. The second-order valence-corrected chi connectivity index (χ2v) is 4.15. The Morgan fingerprint density at radius 3 is 2.56 bits per heavy atom. The van der Waals surface area contributed by atoms with Crippen molar-refractivity contribution in [1.82, 2.24) is 9.78 Å². The highest BCUT2D eigenvalue weighted by Gasteiger charge is 2.17. The van der Waals surface area contributed by atoms with Crippen LogP contribution in [0.1, 0.15) is 19.8 Å². The molecule has 1 aromatic carbocycles. The number of rotatable bonds is 4. The van der Waals surface area contributed by atoms with Gasteiger partial charge in [-0.25, -0.2) is 8.78 Å². The van der Waals surface area contributed by atoms with Crippen molar-refractivity contribution in [3.63, 3.8) is 0 Å². The lowest BCUT2D eigenvalue weighted by atomic mass is 10.1. The van der Waals surface area contributed by atoms with Gasteiger partial charge in [0.05, 0.1) is 11.3 Å². The highest BCUT2D eigenvalue weighted by atomic mass is 19.1. The van der Waals surface area contributed by atoms with Gasteiger partial charge < -0.3 is 5.73 Å². The molecule has 3 nitrogen and oxygen atoms in total. The Bertz CT molecular complexity index is 529. The summed E-state index contributed by atoms with van der Waals surface area (Å²) < 4.78 is 28.9. The van der Waals surface area contributed by atoms with Crippen LogP contribution in [0.3, 0.4) is 0 Å². The molecule has 0 atom stereocenters. The smallest absolute Gasteiger partial charge is 0.135 e. The fourth-order valence-electron chi connectivity index (χ4n) is 1.79. The van der Waals surface area contributed by atoms with Gasteiger partial charge in [-0.3, -0.25) is 4.68 Å². The zero-order valence-corrected chi connectivity index (χ0v) is 10.2. The molecule has 18 heavy (non-hydrogen) atoms. The molecule has 2 aromatic rings. The molecule has 5 heteroatoms. The molecule has 0 aliphatic heterocycles. The van der Waals surface area contributed by atoms with Crippen molar-refractivity contribution in [2.75, 3.05) is 5.73 Å². The van der Waals surface area contributed by atoms with Gasteiger partial charge in [0.25, 0.3) is 0 Å². The molecular formula is C13H15F2N3. The van der Waals surface area contributed by atoms with E-state index in [0.717, 1.165) is 12.8 Å². The number of aromatic nitrogens is 2. The summed E-state index contributed by atoms with van der Waals surface area (Å²) in [4.78, 5) is 0. The number of aryl methyl sites for hydroxylation is 1. The Morgan fingerprint density at radius 1 is 1.28 bits per heavy atom. The van der Waals surface area contributed by atoms with Gasteiger partial charge in [-0.05, 0) is 18.6 Å². The third-order valence-corrected chi connectivity index (χ3v) is 2.73.